The SMILES string of the molecule is CC#CCN(C)[C@H](C)Cc1ccc(OCC(=O)OCC)cc1. The van der Waals surface area contributed by atoms with E-state index in [-0.39, 0.29) is 12.6 Å². The molecule has 0 radical (unpaired) electrons. The molecule has 4 nitrogen and oxygen atoms in total. The molecule has 22 heavy (non-hydrogen) atoms. The summed E-state index contributed by atoms with van der Waals surface area (Å²) in [5, 5.41) is 0. The molecule has 0 saturated heterocycles. The van der Waals surface area contributed by atoms with E-state index in [9.17, 15) is 4.79 Å². The van der Waals surface area contributed by atoms with Gasteiger partial charge in [0.15, 0.2) is 6.61 Å². The average molecular weight is 303 g/mol. The van der Waals surface area contributed by atoms with Crippen LogP contribution >= 0.6 is 0 Å². The monoisotopic (exact) mass is 303 g/mol. The fourth-order valence-corrected chi connectivity index (χ4v) is 1.92. The zero-order valence-corrected chi connectivity index (χ0v) is 13.9. The summed E-state index contributed by atoms with van der Waals surface area (Å²) >= 11 is 0. The van der Waals surface area contributed by atoms with Crippen LogP contribution in [0.15, 0.2) is 24.3 Å². The Balaban J connectivity index is 2.46. The van der Waals surface area contributed by atoms with Crippen LogP contribution in [0.25, 0.3) is 0 Å². The van der Waals surface area contributed by atoms with E-state index in [2.05, 4.69) is 30.7 Å². The summed E-state index contributed by atoms with van der Waals surface area (Å²) in [7, 11) is 2.08. The van der Waals surface area contributed by atoms with E-state index in [1.54, 1.807) is 6.92 Å². The average Bonchev–Trinajstić information content (AvgIpc) is 2.52. The first-order valence-electron chi connectivity index (χ1n) is 7.54. The fraction of sp³-hybridized carbons (Fsp3) is 0.500. The van der Waals surface area contributed by atoms with Gasteiger partial charge in [-0.15, -0.1) is 5.92 Å². The second-order valence-corrected chi connectivity index (χ2v) is 5.13. The maximum absolute atomic E-state index is 11.2. The van der Waals surface area contributed by atoms with Crippen molar-refractivity contribution in [2.75, 3.05) is 26.8 Å². The normalized spacial score (nSPS) is 11.5. The minimum atomic E-state index is -0.348. The molecule has 0 saturated carbocycles. The minimum absolute atomic E-state index is 0.0536. The van der Waals surface area contributed by atoms with Crippen molar-refractivity contribution in [1.29, 1.82) is 0 Å². The molecule has 0 fully saturated rings. The molecular formula is C18H25NO3. The van der Waals surface area contributed by atoms with Gasteiger partial charge in [-0.05, 0) is 51.9 Å². The van der Waals surface area contributed by atoms with Crippen LogP contribution in [0.5, 0.6) is 5.75 Å². The Morgan fingerprint density at radius 1 is 1.32 bits per heavy atom. The molecule has 0 spiro atoms. The molecule has 0 heterocycles. The fourth-order valence-electron chi connectivity index (χ4n) is 1.92. The van der Waals surface area contributed by atoms with E-state index in [0.717, 1.165) is 13.0 Å². The van der Waals surface area contributed by atoms with E-state index in [1.165, 1.54) is 5.56 Å². The smallest absolute Gasteiger partial charge is 0.344 e. The summed E-state index contributed by atoms with van der Waals surface area (Å²) in [5.74, 6) is 6.31. The predicted molar refractivity (Wildman–Crippen MR) is 87.8 cm³/mol. The molecule has 0 amide bonds. The number of esters is 1. The van der Waals surface area contributed by atoms with Gasteiger partial charge >= 0.3 is 5.97 Å². The maximum Gasteiger partial charge on any atom is 0.344 e. The van der Waals surface area contributed by atoms with Gasteiger partial charge in [0.05, 0.1) is 13.2 Å². The molecule has 0 aromatic heterocycles. The number of nitrogens with zero attached hydrogens (tertiary/aromatic N) is 1. The third kappa shape index (κ3) is 6.64. The first-order valence-corrected chi connectivity index (χ1v) is 7.54. The quantitative estimate of drug-likeness (QED) is 0.546. The number of hydrogen-bond acceptors (Lipinski definition) is 4. The number of likely N-dealkylation sites (N-methyl/N-ethyl adjacent to an activating group) is 1. The van der Waals surface area contributed by atoms with Gasteiger partial charge in [0, 0.05) is 6.04 Å². The Hall–Kier alpha value is -1.99. The largest absolute Gasteiger partial charge is 0.482 e. The van der Waals surface area contributed by atoms with Crippen LogP contribution in [0, 0.1) is 11.8 Å². The van der Waals surface area contributed by atoms with Crippen molar-refractivity contribution in [1.82, 2.24) is 4.90 Å². The van der Waals surface area contributed by atoms with E-state index in [0.29, 0.717) is 18.4 Å². The van der Waals surface area contributed by atoms with E-state index in [4.69, 9.17) is 9.47 Å². The summed E-state index contributed by atoms with van der Waals surface area (Å²) in [6.07, 6.45) is 0.944. The molecule has 1 rings (SSSR count). The van der Waals surface area contributed by atoms with Crippen LogP contribution in [0.2, 0.25) is 0 Å². The second kappa shape index (κ2) is 9.86. The Morgan fingerprint density at radius 2 is 2.00 bits per heavy atom. The van der Waals surface area contributed by atoms with Crippen LogP contribution in [-0.4, -0.2) is 43.7 Å². The lowest BCUT2D eigenvalue weighted by molar-refractivity contribution is -0.145. The summed E-state index contributed by atoms with van der Waals surface area (Å²) < 4.78 is 10.2. The third-order valence-electron chi connectivity index (χ3n) is 3.37. The molecule has 0 aliphatic rings. The Morgan fingerprint density at radius 3 is 2.59 bits per heavy atom. The third-order valence-corrected chi connectivity index (χ3v) is 3.37. The molecule has 0 aliphatic carbocycles. The van der Waals surface area contributed by atoms with Gasteiger partial charge in [0.25, 0.3) is 0 Å². The molecule has 0 unspecified atom stereocenters. The molecule has 1 aromatic carbocycles. The molecule has 0 N–H and O–H groups in total. The number of ether oxygens (including phenoxy) is 2. The van der Waals surface area contributed by atoms with Gasteiger partial charge in [0.2, 0.25) is 0 Å². The highest BCUT2D eigenvalue weighted by Crippen LogP contribution is 2.14. The lowest BCUT2D eigenvalue weighted by Gasteiger charge is -2.22. The zero-order chi connectivity index (χ0) is 16.4. The Labute approximate surface area is 133 Å². The lowest BCUT2D eigenvalue weighted by Crippen LogP contribution is -2.31. The van der Waals surface area contributed by atoms with Gasteiger partial charge in [-0.2, -0.15) is 0 Å². The van der Waals surface area contributed by atoms with Crippen LogP contribution in [0.3, 0.4) is 0 Å². The van der Waals surface area contributed by atoms with Crippen molar-refractivity contribution in [3.8, 4) is 17.6 Å². The van der Waals surface area contributed by atoms with E-state index in [1.807, 2.05) is 31.2 Å². The highest BCUT2D eigenvalue weighted by atomic mass is 16.6. The number of benzene rings is 1. The summed E-state index contributed by atoms with van der Waals surface area (Å²) in [6.45, 7) is 6.91. The summed E-state index contributed by atoms with van der Waals surface area (Å²) in [6, 6.07) is 8.22. The number of rotatable bonds is 8. The van der Waals surface area contributed by atoms with Gasteiger partial charge in [0.1, 0.15) is 5.75 Å². The standard InChI is InChI=1S/C18H25NO3/c1-5-7-12-19(4)15(3)13-16-8-10-17(11-9-16)22-14-18(20)21-6-2/h8-11,15H,6,12-14H2,1-4H3/t15-/m1/s1. The van der Waals surface area contributed by atoms with Crippen LogP contribution in [-0.2, 0) is 16.0 Å². The molecule has 1 atom stereocenters. The van der Waals surface area contributed by atoms with Gasteiger partial charge in [-0.25, -0.2) is 4.79 Å². The molecular weight excluding hydrogens is 278 g/mol. The molecule has 1 aromatic rings. The topological polar surface area (TPSA) is 38.8 Å². The highest BCUT2D eigenvalue weighted by Gasteiger charge is 2.09. The first-order chi connectivity index (χ1) is 10.6. The second-order valence-electron chi connectivity index (χ2n) is 5.13. The molecule has 0 bridgehead atoms. The van der Waals surface area contributed by atoms with Gasteiger partial charge in [-0.1, -0.05) is 18.1 Å². The van der Waals surface area contributed by atoms with Crippen molar-refractivity contribution >= 4 is 5.97 Å². The van der Waals surface area contributed by atoms with Crippen molar-refractivity contribution < 1.29 is 14.3 Å². The van der Waals surface area contributed by atoms with Crippen molar-refractivity contribution in [2.45, 2.75) is 33.2 Å². The predicted octanol–water partition coefficient (Wildman–Crippen LogP) is 2.51. The van der Waals surface area contributed by atoms with E-state index < -0.39 is 0 Å². The van der Waals surface area contributed by atoms with Crippen LogP contribution < -0.4 is 4.74 Å². The van der Waals surface area contributed by atoms with Crippen LogP contribution in [0.4, 0.5) is 0 Å². The first kappa shape index (κ1) is 18.1. The molecule has 4 heteroatoms. The summed E-state index contributed by atoms with van der Waals surface area (Å²) in [4.78, 5) is 13.5. The van der Waals surface area contributed by atoms with Crippen molar-refractivity contribution in [3.63, 3.8) is 0 Å². The van der Waals surface area contributed by atoms with Gasteiger partial charge in [-0.3, -0.25) is 4.90 Å². The van der Waals surface area contributed by atoms with Gasteiger partial charge < -0.3 is 9.47 Å². The minimum Gasteiger partial charge on any atom is -0.482 e. The molecule has 120 valence electrons. The van der Waals surface area contributed by atoms with Crippen molar-refractivity contribution in [2.24, 2.45) is 0 Å². The highest BCUT2D eigenvalue weighted by molar-refractivity contribution is 5.71. The van der Waals surface area contributed by atoms with E-state index >= 15 is 0 Å². The number of carbonyl (C=O) groups is 1. The maximum atomic E-state index is 11.2. The number of carbonyl (C=O) groups excluding carboxylic acids is 1. The number of hydrogen-bond donors (Lipinski definition) is 0. The summed E-state index contributed by atoms with van der Waals surface area (Å²) in [5.41, 5.74) is 1.23. The zero-order valence-electron chi connectivity index (χ0n) is 13.9. The molecule has 0 aliphatic heterocycles. The van der Waals surface area contributed by atoms with Crippen LogP contribution in [0.1, 0.15) is 26.3 Å². The Bertz CT molecular complexity index is 513. The van der Waals surface area contributed by atoms with Crippen molar-refractivity contribution in [3.05, 3.63) is 29.8 Å². The lowest BCUT2D eigenvalue weighted by atomic mass is 10.1. The Kier molecular flexibility index (Phi) is 8.09.